The quantitative estimate of drug-likeness (QED) is 0.551. The zero-order chi connectivity index (χ0) is 13.9. The summed E-state index contributed by atoms with van der Waals surface area (Å²) in [6.45, 7) is 7.27. The Kier molecular flexibility index (Phi) is 8.24. The molecule has 0 fully saturated rings. The van der Waals surface area contributed by atoms with Crippen molar-refractivity contribution in [1.29, 1.82) is 0 Å². The first kappa shape index (κ1) is 16.0. The second-order valence-electron chi connectivity index (χ2n) is 5.27. The van der Waals surface area contributed by atoms with E-state index in [4.69, 9.17) is 4.74 Å². The van der Waals surface area contributed by atoms with Gasteiger partial charge in [-0.2, -0.15) is 0 Å². The van der Waals surface area contributed by atoms with Crippen LogP contribution in [0.1, 0.15) is 57.6 Å². The highest BCUT2D eigenvalue weighted by atomic mass is 16.5. The smallest absolute Gasteiger partial charge is 0.0518 e. The van der Waals surface area contributed by atoms with Crippen molar-refractivity contribution in [3.05, 3.63) is 41.5 Å². The van der Waals surface area contributed by atoms with Gasteiger partial charge >= 0.3 is 0 Å². The molecule has 1 aromatic carbocycles. The lowest BCUT2D eigenvalue weighted by atomic mass is 10.1. The van der Waals surface area contributed by atoms with Crippen molar-refractivity contribution in [3.8, 4) is 0 Å². The van der Waals surface area contributed by atoms with E-state index in [-0.39, 0.29) is 0 Å². The van der Waals surface area contributed by atoms with Gasteiger partial charge in [-0.25, -0.2) is 0 Å². The molecule has 19 heavy (non-hydrogen) atoms. The summed E-state index contributed by atoms with van der Waals surface area (Å²) in [4.78, 5) is 0. The maximum Gasteiger partial charge on any atom is 0.0518 e. The number of hydrogen-bond acceptors (Lipinski definition) is 1. The van der Waals surface area contributed by atoms with Gasteiger partial charge in [0.05, 0.1) is 6.10 Å². The topological polar surface area (TPSA) is 9.23 Å². The summed E-state index contributed by atoms with van der Waals surface area (Å²) in [6.07, 6.45) is 10.8. The minimum Gasteiger partial charge on any atom is -0.379 e. The summed E-state index contributed by atoms with van der Waals surface area (Å²) < 4.78 is 5.52. The van der Waals surface area contributed by atoms with Crippen LogP contribution in [0.15, 0.2) is 30.3 Å². The summed E-state index contributed by atoms with van der Waals surface area (Å²) in [5.74, 6) is 0. The van der Waals surface area contributed by atoms with E-state index >= 15 is 0 Å². The summed E-state index contributed by atoms with van der Waals surface area (Å²) in [6, 6.07) is 8.82. The molecule has 0 aliphatic carbocycles. The normalized spacial score (nSPS) is 11.6. The number of ether oxygens (including phenoxy) is 1. The highest BCUT2D eigenvalue weighted by Crippen LogP contribution is 2.08. The molecule has 106 valence electrons. The van der Waals surface area contributed by atoms with Crippen LogP contribution < -0.4 is 0 Å². The lowest BCUT2D eigenvalue weighted by Crippen LogP contribution is -2.03. The van der Waals surface area contributed by atoms with Crippen LogP contribution in [0.5, 0.6) is 0 Å². The molecule has 0 spiro atoms. The van der Waals surface area contributed by atoms with Crippen LogP contribution in [0.4, 0.5) is 0 Å². The zero-order valence-corrected chi connectivity index (χ0v) is 12.7. The van der Waals surface area contributed by atoms with Gasteiger partial charge in [-0.3, -0.25) is 0 Å². The molecule has 0 saturated carbocycles. The van der Waals surface area contributed by atoms with Crippen LogP contribution >= 0.6 is 0 Å². The van der Waals surface area contributed by atoms with Gasteiger partial charge in [-0.1, -0.05) is 49.8 Å². The number of benzene rings is 1. The predicted molar refractivity (Wildman–Crippen MR) is 84.4 cm³/mol. The van der Waals surface area contributed by atoms with Gasteiger partial charge in [0.1, 0.15) is 0 Å². The van der Waals surface area contributed by atoms with Gasteiger partial charge < -0.3 is 4.74 Å². The third-order valence-electron chi connectivity index (χ3n) is 3.16. The fraction of sp³-hybridized carbons (Fsp3) is 0.556. The van der Waals surface area contributed by atoms with E-state index in [1.165, 1.54) is 30.4 Å². The molecule has 0 amide bonds. The molecule has 0 N–H and O–H groups in total. The second kappa shape index (κ2) is 9.80. The number of rotatable bonds is 9. The lowest BCUT2D eigenvalue weighted by Gasteiger charge is -2.06. The van der Waals surface area contributed by atoms with E-state index < -0.39 is 0 Å². The van der Waals surface area contributed by atoms with Crippen molar-refractivity contribution < 1.29 is 4.74 Å². The number of aryl methyl sites for hydroxylation is 1. The monoisotopic (exact) mass is 260 g/mol. The van der Waals surface area contributed by atoms with E-state index in [0.29, 0.717) is 6.10 Å². The molecule has 0 bridgehead atoms. The first-order chi connectivity index (χ1) is 9.22. The molecular formula is C18H28O. The number of hydrogen-bond donors (Lipinski definition) is 0. The Morgan fingerprint density at radius 1 is 1.05 bits per heavy atom. The summed E-state index contributed by atoms with van der Waals surface area (Å²) in [7, 11) is 0. The molecule has 0 radical (unpaired) electrons. The molecule has 0 aliphatic heterocycles. The van der Waals surface area contributed by atoms with Crippen LogP contribution in [0.25, 0.3) is 6.08 Å². The standard InChI is InChI=1S/C18H28O/c1-4-17-11-13-18(14-12-17)10-8-6-5-7-9-15-19-16(2)3/h8,10-14,16H,4-7,9,15H2,1-3H3. The Labute approximate surface area is 118 Å². The van der Waals surface area contributed by atoms with Crippen molar-refractivity contribution in [2.75, 3.05) is 6.61 Å². The first-order valence-corrected chi connectivity index (χ1v) is 7.59. The lowest BCUT2D eigenvalue weighted by molar-refractivity contribution is 0.0758. The van der Waals surface area contributed by atoms with E-state index in [1.54, 1.807) is 0 Å². The minimum atomic E-state index is 0.367. The number of allylic oxidation sites excluding steroid dienone is 1. The fourth-order valence-corrected chi connectivity index (χ4v) is 1.94. The Balaban J connectivity index is 2.09. The van der Waals surface area contributed by atoms with Crippen molar-refractivity contribution in [2.45, 2.75) is 59.0 Å². The molecule has 0 unspecified atom stereocenters. The molecule has 0 atom stereocenters. The summed E-state index contributed by atoms with van der Waals surface area (Å²) in [5, 5.41) is 0. The van der Waals surface area contributed by atoms with Crippen molar-refractivity contribution in [3.63, 3.8) is 0 Å². The van der Waals surface area contributed by atoms with Crippen LogP contribution in [-0.2, 0) is 11.2 Å². The average Bonchev–Trinajstić information content (AvgIpc) is 2.42. The van der Waals surface area contributed by atoms with E-state index in [9.17, 15) is 0 Å². The van der Waals surface area contributed by atoms with Crippen molar-refractivity contribution in [1.82, 2.24) is 0 Å². The highest BCUT2D eigenvalue weighted by molar-refractivity contribution is 5.49. The summed E-state index contributed by atoms with van der Waals surface area (Å²) >= 11 is 0. The van der Waals surface area contributed by atoms with Crippen LogP contribution in [-0.4, -0.2) is 12.7 Å². The third kappa shape index (κ3) is 7.84. The largest absolute Gasteiger partial charge is 0.379 e. The maximum absolute atomic E-state index is 5.52. The Hall–Kier alpha value is -1.08. The second-order valence-corrected chi connectivity index (χ2v) is 5.27. The first-order valence-electron chi connectivity index (χ1n) is 7.59. The fourth-order valence-electron chi connectivity index (χ4n) is 1.94. The van der Waals surface area contributed by atoms with E-state index in [1.807, 2.05) is 0 Å². The van der Waals surface area contributed by atoms with Crippen LogP contribution in [0.2, 0.25) is 0 Å². The predicted octanol–water partition coefficient (Wildman–Crippen LogP) is 5.25. The Morgan fingerprint density at radius 2 is 1.79 bits per heavy atom. The Bertz CT molecular complexity index is 348. The van der Waals surface area contributed by atoms with Gasteiger partial charge in [0.25, 0.3) is 0 Å². The molecule has 0 heterocycles. The molecule has 0 saturated heterocycles. The maximum atomic E-state index is 5.52. The van der Waals surface area contributed by atoms with Crippen LogP contribution in [0.3, 0.4) is 0 Å². The molecule has 0 aromatic heterocycles. The van der Waals surface area contributed by atoms with Gasteiger partial charge in [0, 0.05) is 6.61 Å². The van der Waals surface area contributed by atoms with E-state index in [0.717, 1.165) is 19.4 Å². The van der Waals surface area contributed by atoms with Gasteiger partial charge in [-0.05, 0) is 50.7 Å². The minimum absolute atomic E-state index is 0.367. The van der Waals surface area contributed by atoms with Gasteiger partial charge in [0.15, 0.2) is 0 Å². The Morgan fingerprint density at radius 3 is 2.42 bits per heavy atom. The van der Waals surface area contributed by atoms with Crippen molar-refractivity contribution >= 4 is 6.08 Å². The summed E-state index contributed by atoms with van der Waals surface area (Å²) in [5.41, 5.74) is 2.71. The van der Waals surface area contributed by atoms with Gasteiger partial charge in [0.2, 0.25) is 0 Å². The molecular weight excluding hydrogens is 232 g/mol. The van der Waals surface area contributed by atoms with Crippen LogP contribution in [0, 0.1) is 0 Å². The van der Waals surface area contributed by atoms with E-state index in [2.05, 4.69) is 57.2 Å². The zero-order valence-electron chi connectivity index (χ0n) is 12.7. The van der Waals surface area contributed by atoms with Crippen molar-refractivity contribution in [2.24, 2.45) is 0 Å². The third-order valence-corrected chi connectivity index (χ3v) is 3.16. The molecule has 1 rings (SSSR count). The number of unbranched alkanes of at least 4 members (excludes halogenated alkanes) is 3. The SMILES string of the molecule is CCc1ccc(C=CCCCCCOC(C)C)cc1. The average molecular weight is 260 g/mol. The van der Waals surface area contributed by atoms with Gasteiger partial charge in [-0.15, -0.1) is 0 Å². The molecule has 1 heteroatoms. The molecule has 1 aromatic rings. The molecule has 1 nitrogen and oxygen atoms in total. The molecule has 0 aliphatic rings. The highest BCUT2D eigenvalue weighted by Gasteiger charge is 1.93.